The van der Waals surface area contributed by atoms with Gasteiger partial charge in [-0.3, -0.25) is 0 Å². The molecule has 0 saturated heterocycles. The number of rotatable bonds is 3. The van der Waals surface area contributed by atoms with Crippen LogP contribution in [0.1, 0.15) is 43.7 Å². The fraction of sp³-hybridized carbons (Fsp3) is 0.571. The van der Waals surface area contributed by atoms with Crippen molar-refractivity contribution < 1.29 is 0 Å². The molecule has 1 aromatic carbocycles. The van der Waals surface area contributed by atoms with Gasteiger partial charge in [-0.25, -0.2) is 0 Å². The highest BCUT2D eigenvalue weighted by molar-refractivity contribution is 5.33. The van der Waals surface area contributed by atoms with E-state index in [1.54, 1.807) is 5.56 Å². The number of nitrogens with one attached hydrogen (secondary N) is 1. The molecule has 1 aromatic rings. The molecule has 0 aliphatic carbocycles. The van der Waals surface area contributed by atoms with Gasteiger partial charge in [0.1, 0.15) is 0 Å². The van der Waals surface area contributed by atoms with E-state index in [0.717, 1.165) is 24.9 Å². The molecule has 82 valence electrons. The van der Waals surface area contributed by atoms with Crippen molar-refractivity contribution in [3.8, 4) is 0 Å². The van der Waals surface area contributed by atoms with Crippen LogP contribution in [0.2, 0.25) is 0 Å². The monoisotopic (exact) mass is 203 g/mol. The van der Waals surface area contributed by atoms with Crippen molar-refractivity contribution in [3.63, 3.8) is 0 Å². The first-order valence-electron chi connectivity index (χ1n) is 6.11. The van der Waals surface area contributed by atoms with Gasteiger partial charge in [0, 0.05) is 13.1 Å². The van der Waals surface area contributed by atoms with Gasteiger partial charge in [0.15, 0.2) is 0 Å². The Hall–Kier alpha value is -0.820. The summed E-state index contributed by atoms with van der Waals surface area (Å²) in [5.41, 5.74) is 3.08. The van der Waals surface area contributed by atoms with E-state index in [4.69, 9.17) is 0 Å². The van der Waals surface area contributed by atoms with Crippen LogP contribution in [0.5, 0.6) is 0 Å². The van der Waals surface area contributed by atoms with Crippen LogP contribution < -0.4 is 5.32 Å². The van der Waals surface area contributed by atoms with E-state index in [-0.39, 0.29) is 0 Å². The number of fused-ring (bicyclic) bond motifs is 1. The molecule has 1 aliphatic heterocycles. The first-order valence-corrected chi connectivity index (χ1v) is 6.11. The molecule has 0 spiro atoms. The zero-order chi connectivity index (χ0) is 10.7. The topological polar surface area (TPSA) is 12.0 Å². The quantitative estimate of drug-likeness (QED) is 0.794. The molecule has 0 aromatic heterocycles. The summed E-state index contributed by atoms with van der Waals surface area (Å²) in [6, 6.07) is 8.89. The molecule has 1 nitrogen and oxygen atoms in total. The summed E-state index contributed by atoms with van der Waals surface area (Å²) < 4.78 is 0. The highest BCUT2D eigenvalue weighted by atomic mass is 14.9. The third kappa shape index (κ3) is 2.23. The third-order valence-electron chi connectivity index (χ3n) is 3.57. The van der Waals surface area contributed by atoms with Gasteiger partial charge in [-0.05, 0) is 23.0 Å². The maximum absolute atomic E-state index is 3.53. The zero-order valence-corrected chi connectivity index (χ0v) is 9.79. The maximum Gasteiger partial charge on any atom is 0.0208 e. The first kappa shape index (κ1) is 10.7. The van der Waals surface area contributed by atoms with Crippen molar-refractivity contribution >= 4 is 0 Å². The number of hydrogen-bond acceptors (Lipinski definition) is 1. The molecule has 2 rings (SSSR count). The van der Waals surface area contributed by atoms with Crippen molar-refractivity contribution in [2.45, 2.75) is 39.2 Å². The first-order chi connectivity index (χ1) is 7.33. The Morgan fingerprint density at radius 1 is 1.40 bits per heavy atom. The molecule has 2 unspecified atom stereocenters. The third-order valence-corrected chi connectivity index (χ3v) is 3.57. The summed E-state index contributed by atoms with van der Waals surface area (Å²) in [7, 11) is 0. The standard InChI is InChI=1S/C14H21N/c1-3-6-11(2)14-10-15-9-12-7-4-5-8-13(12)14/h4-5,7-8,11,14-15H,3,6,9-10H2,1-2H3. The number of hydrogen-bond donors (Lipinski definition) is 1. The molecule has 0 amide bonds. The van der Waals surface area contributed by atoms with Crippen LogP contribution in [0.15, 0.2) is 24.3 Å². The van der Waals surface area contributed by atoms with E-state index in [9.17, 15) is 0 Å². The van der Waals surface area contributed by atoms with Crippen LogP contribution in [-0.2, 0) is 6.54 Å². The molecule has 0 bridgehead atoms. The predicted molar refractivity (Wildman–Crippen MR) is 65.0 cm³/mol. The Balaban J connectivity index is 2.21. The molecule has 2 atom stereocenters. The van der Waals surface area contributed by atoms with Gasteiger partial charge in [-0.1, -0.05) is 51.0 Å². The molecule has 0 radical (unpaired) electrons. The molecule has 1 aliphatic rings. The molecule has 15 heavy (non-hydrogen) atoms. The zero-order valence-electron chi connectivity index (χ0n) is 9.79. The van der Waals surface area contributed by atoms with Gasteiger partial charge in [-0.15, -0.1) is 0 Å². The smallest absolute Gasteiger partial charge is 0.0208 e. The summed E-state index contributed by atoms with van der Waals surface area (Å²) in [5.74, 6) is 1.51. The van der Waals surface area contributed by atoms with Gasteiger partial charge in [0.2, 0.25) is 0 Å². The van der Waals surface area contributed by atoms with E-state index < -0.39 is 0 Å². The minimum atomic E-state index is 0.717. The Kier molecular flexibility index (Phi) is 3.42. The summed E-state index contributed by atoms with van der Waals surface area (Å²) in [5, 5.41) is 3.53. The average molecular weight is 203 g/mol. The lowest BCUT2D eigenvalue weighted by Gasteiger charge is -2.31. The average Bonchev–Trinajstić information content (AvgIpc) is 2.28. The summed E-state index contributed by atoms with van der Waals surface area (Å²) in [6.45, 7) is 6.86. The van der Waals surface area contributed by atoms with Crippen LogP contribution >= 0.6 is 0 Å². The SMILES string of the molecule is CCCC(C)C1CNCc2ccccc21. The van der Waals surface area contributed by atoms with Crippen molar-refractivity contribution in [1.82, 2.24) is 5.32 Å². The second-order valence-corrected chi connectivity index (χ2v) is 4.70. The highest BCUT2D eigenvalue weighted by Crippen LogP contribution is 2.32. The van der Waals surface area contributed by atoms with Crippen molar-refractivity contribution in [1.29, 1.82) is 0 Å². The van der Waals surface area contributed by atoms with Crippen molar-refractivity contribution in [3.05, 3.63) is 35.4 Å². The lowest BCUT2D eigenvalue weighted by atomic mass is 9.80. The second-order valence-electron chi connectivity index (χ2n) is 4.70. The van der Waals surface area contributed by atoms with E-state index in [0.29, 0.717) is 0 Å². The van der Waals surface area contributed by atoms with E-state index in [2.05, 4.69) is 43.4 Å². The molecule has 0 saturated carbocycles. The fourth-order valence-corrected chi connectivity index (χ4v) is 2.69. The minimum Gasteiger partial charge on any atom is -0.312 e. The highest BCUT2D eigenvalue weighted by Gasteiger charge is 2.23. The van der Waals surface area contributed by atoms with Gasteiger partial charge < -0.3 is 5.32 Å². The molecule has 1 heteroatoms. The van der Waals surface area contributed by atoms with Crippen molar-refractivity contribution in [2.24, 2.45) is 5.92 Å². The van der Waals surface area contributed by atoms with Gasteiger partial charge in [-0.2, -0.15) is 0 Å². The molecule has 1 heterocycles. The van der Waals surface area contributed by atoms with E-state index in [1.807, 2.05) is 0 Å². The summed E-state index contributed by atoms with van der Waals surface area (Å²) in [4.78, 5) is 0. The van der Waals surface area contributed by atoms with Crippen LogP contribution in [0.4, 0.5) is 0 Å². The van der Waals surface area contributed by atoms with Crippen LogP contribution in [0, 0.1) is 5.92 Å². The minimum absolute atomic E-state index is 0.717. The summed E-state index contributed by atoms with van der Waals surface area (Å²) >= 11 is 0. The Labute approximate surface area is 92.9 Å². The van der Waals surface area contributed by atoms with E-state index in [1.165, 1.54) is 18.4 Å². The van der Waals surface area contributed by atoms with Gasteiger partial charge in [0.25, 0.3) is 0 Å². The molecule has 1 N–H and O–H groups in total. The lowest BCUT2D eigenvalue weighted by molar-refractivity contribution is 0.385. The van der Waals surface area contributed by atoms with E-state index >= 15 is 0 Å². The summed E-state index contributed by atoms with van der Waals surface area (Å²) in [6.07, 6.45) is 2.63. The van der Waals surface area contributed by atoms with Gasteiger partial charge >= 0.3 is 0 Å². The van der Waals surface area contributed by atoms with Gasteiger partial charge in [0.05, 0.1) is 0 Å². The largest absolute Gasteiger partial charge is 0.312 e. The number of benzene rings is 1. The van der Waals surface area contributed by atoms with Crippen LogP contribution in [0.25, 0.3) is 0 Å². The second kappa shape index (κ2) is 4.80. The van der Waals surface area contributed by atoms with Crippen LogP contribution in [0.3, 0.4) is 0 Å². The fourth-order valence-electron chi connectivity index (χ4n) is 2.69. The normalized spacial score (nSPS) is 22.1. The Morgan fingerprint density at radius 3 is 3.00 bits per heavy atom. The Bertz CT molecular complexity index is 319. The van der Waals surface area contributed by atoms with Crippen molar-refractivity contribution in [2.75, 3.05) is 6.54 Å². The predicted octanol–water partition coefficient (Wildman–Crippen LogP) is 3.31. The molecular formula is C14H21N. The Morgan fingerprint density at radius 2 is 2.20 bits per heavy atom. The maximum atomic E-state index is 3.53. The lowest BCUT2D eigenvalue weighted by Crippen LogP contribution is -2.31. The molecular weight excluding hydrogens is 182 g/mol. The molecule has 0 fully saturated rings. The van der Waals surface area contributed by atoms with Crippen LogP contribution in [-0.4, -0.2) is 6.54 Å².